The molecule has 1 heterocycles. The number of para-hydroxylation sites is 1. The van der Waals surface area contributed by atoms with E-state index in [0.29, 0.717) is 16.6 Å². The van der Waals surface area contributed by atoms with Gasteiger partial charge in [0.2, 0.25) is 0 Å². The van der Waals surface area contributed by atoms with Gasteiger partial charge >= 0.3 is 5.97 Å². The van der Waals surface area contributed by atoms with Crippen molar-refractivity contribution < 1.29 is 14.3 Å². The molecule has 112 valence electrons. The maximum atomic E-state index is 13.9. The summed E-state index contributed by atoms with van der Waals surface area (Å²) in [6.07, 6.45) is 0.766. The van der Waals surface area contributed by atoms with E-state index in [9.17, 15) is 9.18 Å². The highest BCUT2D eigenvalue weighted by atomic mass is 32.2. The Hall–Kier alpha value is -1.82. The van der Waals surface area contributed by atoms with Crippen LogP contribution in [0.2, 0.25) is 0 Å². The molecule has 0 aliphatic rings. The Morgan fingerprint density at radius 2 is 2.14 bits per heavy atom. The van der Waals surface area contributed by atoms with E-state index >= 15 is 0 Å². The third-order valence-electron chi connectivity index (χ3n) is 2.77. The molecule has 0 bridgehead atoms. The zero-order valence-corrected chi connectivity index (χ0v) is 12.7. The lowest BCUT2D eigenvalue weighted by Gasteiger charge is -2.07. The molecule has 0 radical (unpaired) electrons. The molecule has 0 atom stereocenters. The number of halogens is 1. The van der Waals surface area contributed by atoms with Crippen LogP contribution in [-0.2, 0) is 11.2 Å². The fourth-order valence-electron chi connectivity index (χ4n) is 1.96. The minimum absolute atomic E-state index is 0.0821. The lowest BCUT2D eigenvalue weighted by atomic mass is 10.1. The van der Waals surface area contributed by atoms with Gasteiger partial charge in [0.25, 0.3) is 0 Å². The van der Waals surface area contributed by atoms with E-state index in [0.717, 1.165) is 23.9 Å². The number of nitrogens with zero attached hydrogens (tertiary/aromatic N) is 2. The Bertz CT molecular complexity index is 640. The van der Waals surface area contributed by atoms with Crippen molar-refractivity contribution in [3.63, 3.8) is 0 Å². The van der Waals surface area contributed by atoms with Gasteiger partial charge in [0.15, 0.2) is 0 Å². The van der Waals surface area contributed by atoms with Crippen LogP contribution in [0.5, 0.6) is 0 Å². The number of rotatable bonds is 6. The van der Waals surface area contributed by atoms with Crippen LogP contribution in [-0.4, -0.2) is 26.6 Å². The minimum Gasteiger partial charge on any atom is -0.481 e. The molecular weight excluding hydrogens is 291 g/mol. The number of benzene rings is 1. The van der Waals surface area contributed by atoms with Crippen molar-refractivity contribution in [2.75, 3.05) is 5.75 Å². The second-order valence-electron chi connectivity index (χ2n) is 5.12. The van der Waals surface area contributed by atoms with E-state index in [-0.39, 0.29) is 11.6 Å². The number of hydrogen-bond acceptors (Lipinski definition) is 3. The average molecular weight is 308 g/mol. The third kappa shape index (κ3) is 4.07. The lowest BCUT2D eigenvalue weighted by molar-refractivity contribution is -0.133. The van der Waals surface area contributed by atoms with Gasteiger partial charge in [-0.05, 0) is 30.5 Å². The van der Waals surface area contributed by atoms with Crippen LogP contribution in [0.4, 0.5) is 4.39 Å². The van der Waals surface area contributed by atoms with Crippen LogP contribution < -0.4 is 0 Å². The van der Waals surface area contributed by atoms with Crippen molar-refractivity contribution in [3.05, 3.63) is 41.8 Å². The number of carbonyl (C=O) groups is 1. The van der Waals surface area contributed by atoms with Gasteiger partial charge in [-0.1, -0.05) is 37.7 Å². The van der Waals surface area contributed by atoms with Crippen molar-refractivity contribution in [2.24, 2.45) is 5.92 Å². The molecule has 6 heteroatoms. The van der Waals surface area contributed by atoms with E-state index < -0.39 is 5.97 Å². The number of thioether (sulfide) groups is 1. The van der Waals surface area contributed by atoms with Gasteiger partial charge < -0.3 is 5.11 Å². The van der Waals surface area contributed by atoms with Gasteiger partial charge in [0.1, 0.15) is 16.5 Å². The molecule has 1 aromatic carbocycles. The van der Waals surface area contributed by atoms with Crippen LogP contribution in [0.1, 0.15) is 19.5 Å². The topological polar surface area (TPSA) is 55.1 Å². The Balaban J connectivity index is 2.39. The summed E-state index contributed by atoms with van der Waals surface area (Å²) in [4.78, 5) is 10.7. The summed E-state index contributed by atoms with van der Waals surface area (Å²) in [6.45, 7) is 4.15. The summed E-state index contributed by atoms with van der Waals surface area (Å²) in [5.74, 6) is -0.951. The molecule has 0 saturated heterocycles. The summed E-state index contributed by atoms with van der Waals surface area (Å²) < 4.78 is 15.4. The fraction of sp³-hybridized carbons (Fsp3) is 0.333. The van der Waals surface area contributed by atoms with E-state index in [4.69, 9.17) is 5.11 Å². The number of aromatic nitrogens is 2. The van der Waals surface area contributed by atoms with Crippen molar-refractivity contribution in [2.45, 2.75) is 25.3 Å². The average Bonchev–Trinajstić information content (AvgIpc) is 2.78. The van der Waals surface area contributed by atoms with Crippen LogP contribution >= 0.6 is 11.8 Å². The molecule has 21 heavy (non-hydrogen) atoms. The van der Waals surface area contributed by atoms with Crippen LogP contribution in [0.25, 0.3) is 5.69 Å². The Morgan fingerprint density at radius 1 is 1.43 bits per heavy atom. The first-order valence-electron chi connectivity index (χ1n) is 6.66. The van der Waals surface area contributed by atoms with Gasteiger partial charge in [-0.15, -0.1) is 0 Å². The molecule has 0 amide bonds. The van der Waals surface area contributed by atoms with Crippen molar-refractivity contribution >= 4 is 17.7 Å². The SMILES string of the molecule is CC(C)Cc1cc(SCC(=O)O)n(-c2ccccc2F)n1. The van der Waals surface area contributed by atoms with Crippen LogP contribution in [0, 0.1) is 11.7 Å². The number of hydrogen-bond donors (Lipinski definition) is 1. The van der Waals surface area contributed by atoms with Crippen molar-refractivity contribution in [3.8, 4) is 5.69 Å². The van der Waals surface area contributed by atoms with E-state index in [2.05, 4.69) is 18.9 Å². The molecule has 4 nitrogen and oxygen atoms in total. The fourth-order valence-corrected chi connectivity index (χ4v) is 2.72. The second-order valence-corrected chi connectivity index (χ2v) is 6.11. The standard InChI is InChI=1S/C15H17FN2O2S/c1-10(2)7-11-8-14(21-9-15(19)20)18(17-11)13-6-4-3-5-12(13)16/h3-6,8,10H,7,9H2,1-2H3,(H,19,20). The van der Waals surface area contributed by atoms with Gasteiger partial charge in [0, 0.05) is 0 Å². The highest BCUT2D eigenvalue weighted by Gasteiger charge is 2.15. The molecule has 0 fully saturated rings. The monoisotopic (exact) mass is 308 g/mol. The number of aliphatic carboxylic acids is 1. The molecule has 1 aromatic heterocycles. The zero-order valence-electron chi connectivity index (χ0n) is 11.9. The van der Waals surface area contributed by atoms with E-state index in [1.165, 1.54) is 10.7 Å². The molecule has 0 saturated carbocycles. The molecule has 2 aromatic rings. The number of carboxylic acids is 1. The van der Waals surface area contributed by atoms with Crippen LogP contribution in [0.3, 0.4) is 0 Å². The highest BCUT2D eigenvalue weighted by Crippen LogP contribution is 2.25. The predicted octanol–water partition coefficient (Wildman–Crippen LogP) is 3.39. The first-order valence-corrected chi connectivity index (χ1v) is 7.64. The highest BCUT2D eigenvalue weighted by molar-refractivity contribution is 7.99. The van der Waals surface area contributed by atoms with Gasteiger partial charge in [-0.2, -0.15) is 5.10 Å². The van der Waals surface area contributed by atoms with Gasteiger partial charge in [0.05, 0.1) is 11.4 Å². The predicted molar refractivity (Wildman–Crippen MR) is 80.4 cm³/mol. The Morgan fingerprint density at radius 3 is 2.76 bits per heavy atom. The summed E-state index contributed by atoms with van der Waals surface area (Å²) in [7, 11) is 0. The quantitative estimate of drug-likeness (QED) is 0.831. The van der Waals surface area contributed by atoms with Crippen molar-refractivity contribution in [1.82, 2.24) is 9.78 Å². The largest absolute Gasteiger partial charge is 0.481 e. The van der Waals surface area contributed by atoms with Gasteiger partial charge in [-0.25, -0.2) is 9.07 Å². The molecular formula is C15H17FN2O2S. The Kier molecular flexibility index (Phi) is 5.01. The summed E-state index contributed by atoms with van der Waals surface area (Å²) in [5, 5.41) is 13.9. The smallest absolute Gasteiger partial charge is 0.313 e. The van der Waals surface area contributed by atoms with Crippen LogP contribution in [0.15, 0.2) is 35.4 Å². The summed E-state index contributed by atoms with van der Waals surface area (Å²) >= 11 is 1.14. The van der Waals surface area contributed by atoms with Gasteiger partial charge in [-0.3, -0.25) is 4.79 Å². The molecule has 0 aliphatic carbocycles. The minimum atomic E-state index is -0.910. The zero-order chi connectivity index (χ0) is 15.4. The molecule has 0 spiro atoms. The lowest BCUT2D eigenvalue weighted by Crippen LogP contribution is -2.04. The maximum Gasteiger partial charge on any atom is 0.313 e. The first kappa shape index (κ1) is 15.6. The van der Waals surface area contributed by atoms with Crippen molar-refractivity contribution in [1.29, 1.82) is 0 Å². The molecule has 2 rings (SSSR count). The summed E-state index contributed by atoms with van der Waals surface area (Å²) in [5.41, 5.74) is 1.17. The third-order valence-corrected chi connectivity index (χ3v) is 3.75. The molecule has 0 unspecified atom stereocenters. The maximum absolute atomic E-state index is 13.9. The van der Waals surface area contributed by atoms with E-state index in [1.54, 1.807) is 18.2 Å². The van der Waals surface area contributed by atoms with E-state index in [1.807, 2.05) is 6.07 Å². The Labute approximate surface area is 127 Å². The number of carboxylic acid groups (broad SMARTS) is 1. The molecule has 0 aliphatic heterocycles. The second kappa shape index (κ2) is 6.76. The summed E-state index contributed by atoms with van der Waals surface area (Å²) in [6, 6.07) is 8.17. The normalized spacial score (nSPS) is 11.0. The molecule has 1 N–H and O–H groups in total. The first-order chi connectivity index (χ1) is 9.97.